The molecule has 0 atom stereocenters. The average Bonchev–Trinajstić information content (AvgIpc) is 3.16. The molecule has 0 N–H and O–H groups in total. The Labute approximate surface area is 284 Å². The Balaban J connectivity index is 1.48. The Bertz CT molecular complexity index is 2330. The first-order valence-electron chi connectivity index (χ1n) is 16.2. The van der Waals surface area contributed by atoms with Crippen LogP contribution in [0.4, 0.5) is 25.8 Å². The summed E-state index contributed by atoms with van der Waals surface area (Å²) >= 11 is 0. The fraction of sp³-hybridized carbons (Fsp3) is 0. The van der Waals surface area contributed by atoms with Crippen molar-refractivity contribution in [2.24, 2.45) is 0 Å². The largest absolute Gasteiger partial charge is 0.307 e. The summed E-state index contributed by atoms with van der Waals surface area (Å²) in [6.07, 6.45) is 0. The Morgan fingerprint density at radius 2 is 0.837 bits per heavy atom. The fourth-order valence-corrected chi connectivity index (χ4v) is 6.55. The number of hydrogen-bond acceptors (Lipinski definition) is 2. The summed E-state index contributed by atoms with van der Waals surface area (Å²) in [5.41, 5.74) is 10.4. The van der Waals surface area contributed by atoms with Crippen LogP contribution in [0.2, 0.25) is 0 Å². The predicted octanol–water partition coefficient (Wildman–Crippen LogP) is 12.7. The van der Waals surface area contributed by atoms with Gasteiger partial charge < -0.3 is 4.90 Å². The molecular weight excluding hydrogens is 607 g/mol. The van der Waals surface area contributed by atoms with Gasteiger partial charge in [-0.15, -0.1) is 0 Å². The number of anilines is 3. The Morgan fingerprint density at radius 3 is 1.41 bits per heavy atom. The van der Waals surface area contributed by atoms with Crippen molar-refractivity contribution in [3.05, 3.63) is 194 Å². The maximum absolute atomic E-state index is 14.7. The molecule has 0 aliphatic rings. The summed E-state index contributed by atoms with van der Waals surface area (Å²) in [5.74, 6) is -0.628. The molecule has 0 saturated heterocycles. The highest BCUT2D eigenvalue weighted by Crippen LogP contribution is 2.47. The molecule has 0 saturated carbocycles. The van der Waals surface area contributed by atoms with E-state index in [-0.39, 0.29) is 11.6 Å². The van der Waals surface area contributed by atoms with Crippen LogP contribution in [-0.4, -0.2) is 4.98 Å². The van der Waals surface area contributed by atoms with Gasteiger partial charge in [-0.25, -0.2) is 13.8 Å². The first-order chi connectivity index (χ1) is 24.1. The highest BCUT2D eigenvalue weighted by molar-refractivity contribution is 6.07. The number of fused-ring (bicyclic) bond motifs is 1. The van der Waals surface area contributed by atoms with Gasteiger partial charge in [0.25, 0.3) is 0 Å². The standard InChI is InChI=1S/C45H30F2N2/c46-35-20-11-18-33(28-35)37-22-7-9-25-42(37)49(43-26-10-8-23-38(43)34-19-12-21-36(47)29-34)44-27-13-24-39-40(31-14-3-1-4-15-31)30-41(48-45(39)44)32-16-5-2-6-17-32/h1-30H. The molecule has 234 valence electrons. The molecule has 2 nitrogen and oxygen atoms in total. The quantitative estimate of drug-likeness (QED) is 0.173. The SMILES string of the molecule is Fc1cccc(-c2ccccc2N(c2ccccc2-c2cccc(F)c2)c2cccc3c(-c4ccccc4)cc(-c4ccccc4)nc23)c1. The van der Waals surface area contributed by atoms with E-state index in [0.717, 1.165) is 72.6 Å². The summed E-state index contributed by atoms with van der Waals surface area (Å²) in [6.45, 7) is 0. The van der Waals surface area contributed by atoms with Crippen LogP contribution >= 0.6 is 0 Å². The second-order valence-corrected chi connectivity index (χ2v) is 11.9. The molecule has 0 amide bonds. The minimum Gasteiger partial charge on any atom is -0.307 e. The van der Waals surface area contributed by atoms with Crippen LogP contribution < -0.4 is 4.90 Å². The zero-order valence-corrected chi connectivity index (χ0v) is 26.5. The monoisotopic (exact) mass is 636 g/mol. The minimum atomic E-state index is -0.314. The van der Waals surface area contributed by atoms with Crippen molar-refractivity contribution in [3.63, 3.8) is 0 Å². The van der Waals surface area contributed by atoms with Gasteiger partial charge in [-0.05, 0) is 70.8 Å². The van der Waals surface area contributed by atoms with Crippen molar-refractivity contribution in [1.29, 1.82) is 0 Å². The number of nitrogens with zero attached hydrogens (tertiary/aromatic N) is 2. The maximum Gasteiger partial charge on any atom is 0.123 e. The van der Waals surface area contributed by atoms with Crippen molar-refractivity contribution >= 4 is 28.0 Å². The van der Waals surface area contributed by atoms with Gasteiger partial charge in [0.1, 0.15) is 11.6 Å². The predicted molar refractivity (Wildman–Crippen MR) is 198 cm³/mol. The summed E-state index contributed by atoms with van der Waals surface area (Å²) in [7, 11) is 0. The second-order valence-electron chi connectivity index (χ2n) is 11.9. The van der Waals surface area contributed by atoms with Gasteiger partial charge in [0.05, 0.1) is 28.3 Å². The molecule has 8 rings (SSSR count). The third kappa shape index (κ3) is 5.85. The molecule has 0 aliphatic carbocycles. The van der Waals surface area contributed by atoms with Gasteiger partial charge in [0.15, 0.2) is 0 Å². The van der Waals surface area contributed by atoms with Crippen molar-refractivity contribution in [2.75, 3.05) is 4.90 Å². The van der Waals surface area contributed by atoms with Gasteiger partial charge >= 0.3 is 0 Å². The molecule has 0 spiro atoms. The van der Waals surface area contributed by atoms with Crippen molar-refractivity contribution in [1.82, 2.24) is 4.98 Å². The van der Waals surface area contributed by atoms with E-state index in [0.29, 0.717) is 0 Å². The van der Waals surface area contributed by atoms with Crippen molar-refractivity contribution < 1.29 is 8.78 Å². The number of para-hydroxylation sites is 3. The molecule has 8 aromatic rings. The maximum atomic E-state index is 14.7. The van der Waals surface area contributed by atoms with E-state index < -0.39 is 0 Å². The highest BCUT2D eigenvalue weighted by Gasteiger charge is 2.24. The second kappa shape index (κ2) is 13.0. The lowest BCUT2D eigenvalue weighted by Gasteiger charge is -2.31. The van der Waals surface area contributed by atoms with Crippen LogP contribution in [0, 0.1) is 11.6 Å². The average molecular weight is 637 g/mol. The Hall–Kier alpha value is -6.39. The van der Waals surface area contributed by atoms with Gasteiger partial charge in [-0.3, -0.25) is 0 Å². The van der Waals surface area contributed by atoms with Crippen LogP contribution in [0.15, 0.2) is 182 Å². The third-order valence-electron chi connectivity index (χ3n) is 8.77. The van der Waals surface area contributed by atoms with Crippen molar-refractivity contribution in [3.8, 4) is 44.6 Å². The summed E-state index contributed by atoms with van der Waals surface area (Å²) in [4.78, 5) is 7.55. The number of halogens is 2. The van der Waals surface area contributed by atoms with E-state index in [1.54, 1.807) is 24.3 Å². The number of aromatic nitrogens is 1. The molecule has 0 bridgehead atoms. The van der Waals surface area contributed by atoms with Crippen LogP contribution in [0.25, 0.3) is 55.5 Å². The summed E-state index contributed by atoms with van der Waals surface area (Å²) in [6, 6.07) is 58.2. The van der Waals surface area contributed by atoms with Crippen LogP contribution in [0.3, 0.4) is 0 Å². The van der Waals surface area contributed by atoms with E-state index in [9.17, 15) is 8.78 Å². The van der Waals surface area contributed by atoms with E-state index in [1.807, 2.05) is 97.1 Å². The summed E-state index contributed by atoms with van der Waals surface area (Å²) in [5, 5.41) is 0.986. The van der Waals surface area contributed by atoms with Crippen LogP contribution in [-0.2, 0) is 0 Å². The topological polar surface area (TPSA) is 16.1 Å². The first-order valence-corrected chi connectivity index (χ1v) is 16.2. The summed E-state index contributed by atoms with van der Waals surface area (Å²) < 4.78 is 29.4. The molecule has 0 unspecified atom stereocenters. The molecule has 4 heteroatoms. The lowest BCUT2D eigenvalue weighted by molar-refractivity contribution is 0.628. The molecule has 0 fully saturated rings. The normalized spacial score (nSPS) is 11.1. The Kier molecular flexibility index (Phi) is 7.96. The lowest BCUT2D eigenvalue weighted by atomic mass is 9.96. The number of hydrogen-bond donors (Lipinski definition) is 0. The lowest BCUT2D eigenvalue weighted by Crippen LogP contribution is -2.13. The zero-order valence-electron chi connectivity index (χ0n) is 26.5. The van der Waals surface area contributed by atoms with Crippen LogP contribution in [0.5, 0.6) is 0 Å². The van der Waals surface area contributed by atoms with E-state index in [4.69, 9.17) is 4.98 Å². The number of benzene rings is 7. The van der Waals surface area contributed by atoms with E-state index >= 15 is 0 Å². The Morgan fingerprint density at radius 1 is 0.367 bits per heavy atom. The van der Waals surface area contributed by atoms with Crippen molar-refractivity contribution in [2.45, 2.75) is 0 Å². The van der Waals surface area contributed by atoms with E-state index in [1.165, 1.54) is 12.1 Å². The third-order valence-corrected chi connectivity index (χ3v) is 8.77. The zero-order chi connectivity index (χ0) is 33.2. The number of rotatable bonds is 7. The first kappa shape index (κ1) is 30.0. The molecule has 0 aliphatic heterocycles. The van der Waals surface area contributed by atoms with Gasteiger partial charge in [0.2, 0.25) is 0 Å². The van der Waals surface area contributed by atoms with E-state index in [2.05, 4.69) is 53.4 Å². The molecule has 0 radical (unpaired) electrons. The van der Waals surface area contributed by atoms with Gasteiger partial charge in [-0.1, -0.05) is 133 Å². The highest BCUT2D eigenvalue weighted by atomic mass is 19.1. The molecule has 1 heterocycles. The molecular formula is C45H30F2N2. The van der Waals surface area contributed by atoms with Gasteiger partial charge in [0, 0.05) is 22.1 Å². The van der Waals surface area contributed by atoms with Gasteiger partial charge in [-0.2, -0.15) is 0 Å². The minimum absolute atomic E-state index is 0.314. The van der Waals surface area contributed by atoms with Crippen LogP contribution in [0.1, 0.15) is 0 Å². The smallest absolute Gasteiger partial charge is 0.123 e. The fourth-order valence-electron chi connectivity index (χ4n) is 6.55. The number of pyridine rings is 1. The molecule has 1 aromatic heterocycles. The molecule has 49 heavy (non-hydrogen) atoms. The molecule has 7 aromatic carbocycles.